The molecule has 0 bridgehead atoms. The molecule has 1 aromatic heterocycles. The van der Waals surface area contributed by atoms with Crippen LogP contribution in [0.3, 0.4) is 0 Å². The van der Waals surface area contributed by atoms with Crippen molar-refractivity contribution in [2.45, 2.75) is 30.7 Å². The van der Waals surface area contributed by atoms with Gasteiger partial charge >= 0.3 is 0 Å². The summed E-state index contributed by atoms with van der Waals surface area (Å²) in [6.07, 6.45) is 1.28. The molecule has 0 saturated carbocycles. The number of hydrogen-bond acceptors (Lipinski definition) is 6. The first-order chi connectivity index (χ1) is 8.68. The molecule has 6 N–H and O–H groups in total. The number of nitrogens with two attached hydrogens (primary N) is 2. The molecule has 0 radical (unpaired) electrons. The number of nitrogen functional groups attached to an aromatic ring is 1. The van der Waals surface area contributed by atoms with Crippen LogP contribution in [0.1, 0.15) is 20.3 Å². The van der Waals surface area contributed by atoms with Crippen molar-refractivity contribution in [3.63, 3.8) is 0 Å². The maximum Gasteiger partial charge on any atom is 0.244 e. The molecule has 1 heterocycles. The van der Waals surface area contributed by atoms with Crippen LogP contribution < -0.4 is 21.7 Å². The van der Waals surface area contributed by atoms with Crippen molar-refractivity contribution in [2.24, 2.45) is 11.6 Å². The standard InChI is InChI=1S/C10H17N5O3S/c1-10(2,6-8(11)16)15-19(17,18)7-4-3-5-13-9(7)14-12/h3-5,15H,6,12H2,1-2H3,(H2,11,16)(H,13,14). The normalized spacial score (nSPS) is 12.2. The molecule has 0 aliphatic heterocycles. The van der Waals surface area contributed by atoms with Crippen molar-refractivity contribution < 1.29 is 13.2 Å². The lowest BCUT2D eigenvalue weighted by Gasteiger charge is -2.24. The van der Waals surface area contributed by atoms with Crippen LogP contribution in [0.2, 0.25) is 0 Å². The number of hydrogen-bond donors (Lipinski definition) is 4. The molecule has 0 aromatic carbocycles. The summed E-state index contributed by atoms with van der Waals surface area (Å²) in [6.45, 7) is 3.11. The lowest BCUT2D eigenvalue weighted by atomic mass is 10.0. The largest absolute Gasteiger partial charge is 0.370 e. The van der Waals surface area contributed by atoms with Crippen molar-refractivity contribution in [3.8, 4) is 0 Å². The summed E-state index contributed by atoms with van der Waals surface area (Å²) >= 11 is 0. The fourth-order valence-corrected chi connectivity index (χ4v) is 3.14. The predicted molar refractivity (Wildman–Crippen MR) is 70.3 cm³/mol. The highest BCUT2D eigenvalue weighted by Crippen LogP contribution is 2.20. The number of carbonyl (C=O) groups excluding carboxylic acids is 1. The van der Waals surface area contributed by atoms with Gasteiger partial charge in [-0.05, 0) is 26.0 Å². The van der Waals surface area contributed by atoms with Gasteiger partial charge in [0, 0.05) is 18.2 Å². The van der Waals surface area contributed by atoms with Gasteiger partial charge in [-0.2, -0.15) is 0 Å². The minimum atomic E-state index is -3.87. The number of hydrazine groups is 1. The van der Waals surface area contributed by atoms with Crippen LogP contribution in [0.15, 0.2) is 23.2 Å². The minimum absolute atomic E-state index is 0.0184. The summed E-state index contributed by atoms with van der Waals surface area (Å²) in [6, 6.07) is 2.82. The van der Waals surface area contributed by atoms with E-state index in [0.717, 1.165) is 0 Å². The first kappa shape index (κ1) is 15.3. The first-order valence-electron chi connectivity index (χ1n) is 5.42. The van der Waals surface area contributed by atoms with E-state index in [2.05, 4.69) is 15.1 Å². The number of aromatic nitrogens is 1. The van der Waals surface area contributed by atoms with Crippen molar-refractivity contribution in [2.75, 3.05) is 5.43 Å². The molecule has 1 aromatic rings. The van der Waals surface area contributed by atoms with Gasteiger partial charge in [0.2, 0.25) is 15.9 Å². The average molecular weight is 287 g/mol. The highest BCUT2D eigenvalue weighted by Gasteiger charge is 2.29. The Labute approximate surface area is 111 Å². The topological polar surface area (TPSA) is 140 Å². The highest BCUT2D eigenvalue weighted by atomic mass is 32.2. The number of carbonyl (C=O) groups is 1. The van der Waals surface area contributed by atoms with E-state index < -0.39 is 21.5 Å². The van der Waals surface area contributed by atoms with Gasteiger partial charge in [-0.1, -0.05) is 0 Å². The zero-order valence-electron chi connectivity index (χ0n) is 10.7. The van der Waals surface area contributed by atoms with E-state index in [-0.39, 0.29) is 17.1 Å². The van der Waals surface area contributed by atoms with E-state index in [1.165, 1.54) is 18.3 Å². The fourth-order valence-electron chi connectivity index (χ4n) is 1.61. The summed E-state index contributed by atoms with van der Waals surface area (Å²) in [5, 5.41) is 0. The number of sulfonamides is 1. The average Bonchev–Trinajstić information content (AvgIpc) is 2.25. The lowest BCUT2D eigenvalue weighted by Crippen LogP contribution is -2.46. The van der Waals surface area contributed by atoms with E-state index in [4.69, 9.17) is 11.6 Å². The van der Waals surface area contributed by atoms with Gasteiger partial charge in [0.1, 0.15) is 4.90 Å². The molecule has 1 rings (SSSR count). The van der Waals surface area contributed by atoms with Gasteiger partial charge in [-0.15, -0.1) is 0 Å². The maximum atomic E-state index is 12.2. The Bertz CT molecular complexity index is 570. The van der Waals surface area contributed by atoms with Crippen molar-refractivity contribution in [1.29, 1.82) is 0 Å². The van der Waals surface area contributed by atoms with Crippen molar-refractivity contribution in [3.05, 3.63) is 18.3 Å². The van der Waals surface area contributed by atoms with E-state index in [1.807, 2.05) is 0 Å². The molecule has 0 fully saturated rings. The number of nitrogens with zero attached hydrogens (tertiary/aromatic N) is 1. The zero-order valence-corrected chi connectivity index (χ0v) is 11.5. The second-order valence-corrected chi connectivity index (χ2v) is 6.28. The number of rotatable bonds is 6. The Balaban J connectivity index is 3.08. The number of anilines is 1. The zero-order chi connectivity index (χ0) is 14.7. The van der Waals surface area contributed by atoms with E-state index in [1.54, 1.807) is 13.8 Å². The van der Waals surface area contributed by atoms with E-state index in [0.29, 0.717) is 0 Å². The van der Waals surface area contributed by atoms with Crippen molar-refractivity contribution >= 4 is 21.7 Å². The third-order valence-corrected chi connectivity index (χ3v) is 3.95. The molecule has 8 nitrogen and oxygen atoms in total. The molecule has 0 aliphatic rings. The molecule has 0 spiro atoms. The van der Waals surface area contributed by atoms with Crippen LogP contribution in [0, 0.1) is 0 Å². The lowest BCUT2D eigenvalue weighted by molar-refractivity contribution is -0.119. The van der Waals surface area contributed by atoms with Gasteiger partial charge < -0.3 is 11.2 Å². The molecule has 106 valence electrons. The summed E-state index contributed by atoms with van der Waals surface area (Å²) < 4.78 is 26.8. The summed E-state index contributed by atoms with van der Waals surface area (Å²) in [5.74, 6) is 4.63. The number of amides is 1. The Kier molecular flexibility index (Phi) is 4.45. The third-order valence-electron chi connectivity index (χ3n) is 2.22. The Morgan fingerprint density at radius 3 is 2.63 bits per heavy atom. The maximum absolute atomic E-state index is 12.2. The third kappa shape index (κ3) is 4.16. The first-order valence-corrected chi connectivity index (χ1v) is 6.90. The molecular formula is C10H17N5O3S. The Hall–Kier alpha value is -1.71. The molecular weight excluding hydrogens is 270 g/mol. The summed E-state index contributed by atoms with van der Waals surface area (Å²) in [5.41, 5.74) is 6.27. The minimum Gasteiger partial charge on any atom is -0.370 e. The second-order valence-electron chi connectivity index (χ2n) is 4.63. The van der Waals surface area contributed by atoms with E-state index >= 15 is 0 Å². The van der Waals surface area contributed by atoms with Gasteiger partial charge in [0.25, 0.3) is 0 Å². The number of pyridine rings is 1. The Morgan fingerprint density at radius 2 is 2.11 bits per heavy atom. The summed E-state index contributed by atoms with van der Waals surface area (Å²) in [7, 11) is -3.87. The molecule has 19 heavy (non-hydrogen) atoms. The van der Waals surface area contributed by atoms with Crippen LogP contribution in [0.5, 0.6) is 0 Å². The highest BCUT2D eigenvalue weighted by molar-refractivity contribution is 7.89. The quantitative estimate of drug-likeness (QED) is 0.403. The molecule has 0 saturated heterocycles. The van der Waals surface area contributed by atoms with Crippen molar-refractivity contribution in [1.82, 2.24) is 9.71 Å². The number of primary amides is 1. The summed E-state index contributed by atoms with van der Waals surface area (Å²) in [4.78, 5) is 14.6. The van der Waals surface area contributed by atoms with Crippen LogP contribution in [0.25, 0.3) is 0 Å². The molecule has 9 heteroatoms. The SMILES string of the molecule is CC(C)(CC(N)=O)NS(=O)(=O)c1cccnc1NN. The van der Waals surface area contributed by atoms with Gasteiger partial charge in [0.15, 0.2) is 5.82 Å². The smallest absolute Gasteiger partial charge is 0.244 e. The van der Waals surface area contributed by atoms with Gasteiger partial charge in [-0.3, -0.25) is 4.79 Å². The Morgan fingerprint density at radius 1 is 1.47 bits per heavy atom. The number of nitrogens with one attached hydrogen (secondary N) is 2. The predicted octanol–water partition coefficient (Wildman–Crippen LogP) is -0.700. The van der Waals surface area contributed by atoms with Gasteiger partial charge in [-0.25, -0.2) is 24.0 Å². The molecule has 1 amide bonds. The monoisotopic (exact) mass is 287 g/mol. The van der Waals surface area contributed by atoms with Crippen LogP contribution >= 0.6 is 0 Å². The van der Waals surface area contributed by atoms with Crippen LogP contribution in [-0.4, -0.2) is 24.8 Å². The van der Waals surface area contributed by atoms with Crippen LogP contribution in [0.4, 0.5) is 5.82 Å². The van der Waals surface area contributed by atoms with Gasteiger partial charge in [0.05, 0.1) is 0 Å². The molecule has 0 aliphatic carbocycles. The second kappa shape index (κ2) is 5.51. The molecule has 0 atom stereocenters. The van der Waals surface area contributed by atoms with E-state index in [9.17, 15) is 13.2 Å². The molecule has 0 unspecified atom stereocenters. The fraction of sp³-hybridized carbons (Fsp3) is 0.400. The van der Waals surface area contributed by atoms with Crippen LogP contribution in [-0.2, 0) is 14.8 Å².